The standard InChI is InChI=1S/C14H19N3O3/c1-20-14-3-2-13(17(18)19)4-10(14)7-16-8-11-5-15-6-12(11)9-16/h2-4,11-12,15H,5-9H2,1H3/t11-,12+. The lowest BCUT2D eigenvalue weighted by Gasteiger charge is -2.18. The fourth-order valence-corrected chi connectivity index (χ4v) is 3.32. The van der Waals surface area contributed by atoms with Crippen LogP contribution in [0.1, 0.15) is 5.56 Å². The summed E-state index contributed by atoms with van der Waals surface area (Å²) < 4.78 is 5.32. The van der Waals surface area contributed by atoms with Gasteiger partial charge in [0.15, 0.2) is 0 Å². The molecule has 20 heavy (non-hydrogen) atoms. The summed E-state index contributed by atoms with van der Waals surface area (Å²) in [6.45, 7) is 5.02. The lowest BCUT2D eigenvalue weighted by Crippen LogP contribution is -2.25. The third kappa shape index (κ3) is 2.48. The second-order valence-corrected chi connectivity index (χ2v) is 5.63. The molecule has 6 heteroatoms. The minimum Gasteiger partial charge on any atom is -0.496 e. The minimum absolute atomic E-state index is 0.127. The van der Waals surface area contributed by atoms with Gasteiger partial charge < -0.3 is 10.1 Å². The van der Waals surface area contributed by atoms with Crippen molar-refractivity contribution in [2.45, 2.75) is 6.54 Å². The SMILES string of the molecule is COc1ccc([N+](=O)[O-])cc1CN1C[C@H]2CNC[C@H]2C1. The number of nitrogens with one attached hydrogen (secondary N) is 1. The molecule has 0 amide bonds. The number of non-ortho nitro benzene ring substituents is 1. The summed E-state index contributed by atoms with van der Waals surface area (Å²) in [5.41, 5.74) is 1.02. The molecule has 0 spiro atoms. The highest BCUT2D eigenvalue weighted by Gasteiger charge is 2.36. The van der Waals surface area contributed by atoms with Crippen molar-refractivity contribution in [2.24, 2.45) is 11.8 Å². The monoisotopic (exact) mass is 277 g/mol. The van der Waals surface area contributed by atoms with E-state index >= 15 is 0 Å². The van der Waals surface area contributed by atoms with E-state index in [9.17, 15) is 10.1 Å². The lowest BCUT2D eigenvalue weighted by molar-refractivity contribution is -0.384. The number of hydrogen-bond donors (Lipinski definition) is 1. The van der Waals surface area contributed by atoms with Gasteiger partial charge in [-0.25, -0.2) is 0 Å². The van der Waals surface area contributed by atoms with Crippen LogP contribution in [0.2, 0.25) is 0 Å². The molecule has 0 unspecified atom stereocenters. The fourth-order valence-electron chi connectivity index (χ4n) is 3.32. The average molecular weight is 277 g/mol. The van der Waals surface area contributed by atoms with Crippen molar-refractivity contribution in [2.75, 3.05) is 33.3 Å². The summed E-state index contributed by atoms with van der Waals surface area (Å²) in [7, 11) is 1.60. The number of methoxy groups -OCH3 is 1. The van der Waals surface area contributed by atoms with Crippen molar-refractivity contribution in [3.8, 4) is 5.75 Å². The smallest absolute Gasteiger partial charge is 0.270 e. The van der Waals surface area contributed by atoms with E-state index in [1.165, 1.54) is 6.07 Å². The molecule has 1 aromatic carbocycles. The van der Waals surface area contributed by atoms with Crippen LogP contribution in [0.3, 0.4) is 0 Å². The van der Waals surface area contributed by atoms with Gasteiger partial charge in [0.25, 0.3) is 5.69 Å². The van der Waals surface area contributed by atoms with Gasteiger partial charge in [0, 0.05) is 37.3 Å². The molecule has 2 fully saturated rings. The van der Waals surface area contributed by atoms with Crippen molar-refractivity contribution >= 4 is 5.69 Å². The van der Waals surface area contributed by atoms with Gasteiger partial charge in [0.05, 0.1) is 12.0 Å². The molecule has 2 heterocycles. The van der Waals surface area contributed by atoms with Crippen molar-refractivity contribution < 1.29 is 9.66 Å². The molecule has 3 rings (SSSR count). The first-order valence-electron chi connectivity index (χ1n) is 6.91. The van der Waals surface area contributed by atoms with Gasteiger partial charge in [0.2, 0.25) is 0 Å². The van der Waals surface area contributed by atoms with E-state index in [0.29, 0.717) is 0 Å². The highest BCUT2D eigenvalue weighted by molar-refractivity contribution is 5.43. The molecule has 0 aromatic heterocycles. The summed E-state index contributed by atoms with van der Waals surface area (Å²) in [5, 5.41) is 14.3. The number of fused-ring (bicyclic) bond motifs is 1. The quantitative estimate of drug-likeness (QED) is 0.663. The van der Waals surface area contributed by atoms with Crippen LogP contribution in [0.15, 0.2) is 18.2 Å². The molecule has 2 aliphatic rings. The van der Waals surface area contributed by atoms with Crippen LogP contribution >= 0.6 is 0 Å². The fraction of sp³-hybridized carbons (Fsp3) is 0.571. The van der Waals surface area contributed by atoms with E-state index in [2.05, 4.69) is 10.2 Å². The summed E-state index contributed by atoms with van der Waals surface area (Å²) >= 11 is 0. The van der Waals surface area contributed by atoms with Crippen molar-refractivity contribution in [3.63, 3.8) is 0 Å². The first-order valence-corrected chi connectivity index (χ1v) is 6.91. The number of rotatable bonds is 4. The van der Waals surface area contributed by atoms with Gasteiger partial charge in [-0.05, 0) is 31.0 Å². The number of benzene rings is 1. The highest BCUT2D eigenvalue weighted by Crippen LogP contribution is 2.30. The van der Waals surface area contributed by atoms with Crippen LogP contribution in [0.4, 0.5) is 5.69 Å². The number of ether oxygens (including phenoxy) is 1. The lowest BCUT2D eigenvalue weighted by atomic mass is 10.0. The second-order valence-electron chi connectivity index (χ2n) is 5.63. The predicted octanol–water partition coefficient (Wildman–Crippen LogP) is 1.25. The Morgan fingerprint density at radius 3 is 2.70 bits per heavy atom. The molecule has 108 valence electrons. The van der Waals surface area contributed by atoms with E-state index < -0.39 is 0 Å². The maximum atomic E-state index is 10.9. The Kier molecular flexibility index (Phi) is 3.58. The number of nitro groups is 1. The summed E-state index contributed by atoms with van der Waals surface area (Å²) in [5.74, 6) is 2.17. The summed E-state index contributed by atoms with van der Waals surface area (Å²) in [6.07, 6.45) is 0. The summed E-state index contributed by atoms with van der Waals surface area (Å²) in [4.78, 5) is 12.9. The Bertz CT molecular complexity index is 508. The number of nitro benzene ring substituents is 1. The van der Waals surface area contributed by atoms with Crippen LogP contribution in [0, 0.1) is 22.0 Å². The van der Waals surface area contributed by atoms with Gasteiger partial charge in [-0.15, -0.1) is 0 Å². The second kappa shape index (κ2) is 5.38. The molecule has 0 bridgehead atoms. The minimum atomic E-state index is -0.356. The molecule has 1 N–H and O–H groups in total. The van der Waals surface area contributed by atoms with E-state index in [1.54, 1.807) is 19.2 Å². The molecule has 2 saturated heterocycles. The maximum absolute atomic E-state index is 10.9. The average Bonchev–Trinajstić information content (AvgIpc) is 2.99. The van der Waals surface area contributed by atoms with Gasteiger partial charge in [-0.3, -0.25) is 15.0 Å². The Balaban J connectivity index is 1.76. The third-order valence-corrected chi connectivity index (χ3v) is 4.33. The zero-order valence-electron chi connectivity index (χ0n) is 11.5. The van der Waals surface area contributed by atoms with E-state index in [1.807, 2.05) is 0 Å². The van der Waals surface area contributed by atoms with Crippen molar-refractivity contribution in [1.29, 1.82) is 0 Å². The Morgan fingerprint density at radius 1 is 1.40 bits per heavy atom. The molecule has 2 atom stereocenters. The maximum Gasteiger partial charge on any atom is 0.270 e. The van der Waals surface area contributed by atoms with Gasteiger partial charge >= 0.3 is 0 Å². The zero-order chi connectivity index (χ0) is 14.1. The third-order valence-electron chi connectivity index (χ3n) is 4.33. The molecule has 1 aromatic rings. The normalized spacial score (nSPS) is 25.6. The summed E-state index contributed by atoms with van der Waals surface area (Å²) in [6, 6.07) is 4.81. The first-order chi connectivity index (χ1) is 9.67. The molecule has 0 aliphatic carbocycles. The molecule has 6 nitrogen and oxygen atoms in total. The van der Waals surface area contributed by atoms with Crippen LogP contribution in [-0.2, 0) is 6.54 Å². The van der Waals surface area contributed by atoms with Crippen molar-refractivity contribution in [3.05, 3.63) is 33.9 Å². The Hall–Kier alpha value is -1.66. The van der Waals surface area contributed by atoms with Crippen LogP contribution < -0.4 is 10.1 Å². The molecule has 0 saturated carbocycles. The highest BCUT2D eigenvalue weighted by atomic mass is 16.6. The molecular formula is C14H19N3O3. The number of hydrogen-bond acceptors (Lipinski definition) is 5. The molecular weight excluding hydrogens is 258 g/mol. The van der Waals surface area contributed by atoms with Crippen LogP contribution in [-0.4, -0.2) is 43.1 Å². The van der Waals surface area contributed by atoms with Crippen molar-refractivity contribution in [1.82, 2.24) is 10.2 Å². The predicted molar refractivity (Wildman–Crippen MR) is 74.8 cm³/mol. The number of likely N-dealkylation sites (tertiary alicyclic amines) is 1. The molecule has 2 aliphatic heterocycles. The van der Waals surface area contributed by atoms with Gasteiger partial charge in [-0.2, -0.15) is 0 Å². The van der Waals surface area contributed by atoms with Gasteiger partial charge in [0.1, 0.15) is 5.75 Å². The van der Waals surface area contributed by atoms with Crippen LogP contribution in [0.5, 0.6) is 5.75 Å². The largest absolute Gasteiger partial charge is 0.496 e. The Morgan fingerprint density at radius 2 is 2.10 bits per heavy atom. The Labute approximate surface area is 117 Å². The topological polar surface area (TPSA) is 67.6 Å². The zero-order valence-corrected chi connectivity index (χ0v) is 11.5. The van der Waals surface area contributed by atoms with E-state index in [0.717, 1.165) is 55.9 Å². The first kappa shape index (κ1) is 13.3. The molecule has 0 radical (unpaired) electrons. The van der Waals surface area contributed by atoms with E-state index in [4.69, 9.17) is 4.74 Å². The van der Waals surface area contributed by atoms with E-state index in [-0.39, 0.29) is 10.6 Å². The van der Waals surface area contributed by atoms with Gasteiger partial charge in [-0.1, -0.05) is 0 Å². The van der Waals surface area contributed by atoms with Crippen LogP contribution in [0.25, 0.3) is 0 Å². The number of nitrogens with zero attached hydrogens (tertiary/aromatic N) is 2.